The van der Waals surface area contributed by atoms with Crippen LogP contribution in [0, 0.1) is 20.8 Å². The van der Waals surface area contributed by atoms with Gasteiger partial charge in [0.25, 0.3) is 0 Å². The summed E-state index contributed by atoms with van der Waals surface area (Å²) in [4.78, 5) is 58.5. The third-order valence-electron chi connectivity index (χ3n) is 4.71. The summed E-state index contributed by atoms with van der Waals surface area (Å²) < 4.78 is 20.0. The maximum atomic E-state index is 12.2. The monoisotopic (exact) mass is 448 g/mol. The average Bonchev–Trinajstić information content (AvgIpc) is 2.74. The third-order valence-corrected chi connectivity index (χ3v) is 4.71. The van der Waals surface area contributed by atoms with Crippen molar-refractivity contribution in [2.24, 2.45) is 0 Å². The zero-order chi connectivity index (χ0) is 24.4. The fourth-order valence-electron chi connectivity index (χ4n) is 2.92. The van der Waals surface area contributed by atoms with Gasteiger partial charge in [-0.2, -0.15) is 0 Å². The molecule has 9 heteroatoms. The zero-order valence-electron chi connectivity index (χ0n) is 19.2. The molecule has 0 aliphatic carbocycles. The Labute approximate surface area is 186 Å². The smallest absolute Gasteiger partial charge is 0.422 e. The van der Waals surface area contributed by atoms with Crippen molar-refractivity contribution in [1.29, 1.82) is 0 Å². The van der Waals surface area contributed by atoms with Crippen LogP contribution < -0.4 is 9.47 Å². The molecule has 0 unspecified atom stereocenters. The van der Waals surface area contributed by atoms with E-state index in [0.29, 0.717) is 41.4 Å². The molecule has 0 heterocycles. The highest BCUT2D eigenvalue weighted by atomic mass is 16.6. The second kappa shape index (κ2) is 12.4. The Balaban J connectivity index is 3.50. The van der Waals surface area contributed by atoms with Crippen LogP contribution in [0.2, 0.25) is 0 Å². The van der Waals surface area contributed by atoms with Gasteiger partial charge in [0.1, 0.15) is 17.8 Å². The maximum absolute atomic E-state index is 12.2. The van der Waals surface area contributed by atoms with Gasteiger partial charge in [-0.05, 0) is 77.2 Å². The highest BCUT2D eigenvalue weighted by molar-refractivity contribution is 6.31. The lowest BCUT2D eigenvalue weighted by Gasteiger charge is -2.21. The summed E-state index contributed by atoms with van der Waals surface area (Å²) in [5.41, 5.74) is 2.57. The standard InChI is InChI=1S/C23H28O9/c1-7-29-20(25)22(27)31-18-14(4)15(5)19(32-23(28)21(26)30-8-2)17(16(18)6)10-9-13(3)11-12-24/h11-12H,7-10H2,1-6H3. The van der Waals surface area contributed by atoms with Crippen LogP contribution >= 0.6 is 0 Å². The predicted octanol–water partition coefficient (Wildman–Crippen LogP) is 2.63. The highest BCUT2D eigenvalue weighted by Gasteiger charge is 2.27. The van der Waals surface area contributed by atoms with Crippen molar-refractivity contribution < 1.29 is 42.9 Å². The summed E-state index contributed by atoms with van der Waals surface area (Å²) in [6.07, 6.45) is 2.80. The first-order chi connectivity index (χ1) is 15.1. The van der Waals surface area contributed by atoms with E-state index in [9.17, 15) is 24.0 Å². The van der Waals surface area contributed by atoms with Gasteiger partial charge >= 0.3 is 23.9 Å². The second-order valence-electron chi connectivity index (χ2n) is 6.88. The molecule has 0 atom stereocenters. The van der Waals surface area contributed by atoms with Gasteiger partial charge < -0.3 is 18.9 Å². The van der Waals surface area contributed by atoms with Gasteiger partial charge in [0.2, 0.25) is 0 Å². The Morgan fingerprint density at radius 3 is 1.69 bits per heavy atom. The Morgan fingerprint density at radius 2 is 1.22 bits per heavy atom. The molecule has 1 rings (SSSR count). The van der Waals surface area contributed by atoms with E-state index in [0.717, 1.165) is 5.57 Å². The third kappa shape index (κ3) is 6.76. The van der Waals surface area contributed by atoms with Crippen LogP contribution in [0.5, 0.6) is 11.5 Å². The number of rotatable bonds is 8. The Kier molecular flexibility index (Phi) is 10.3. The van der Waals surface area contributed by atoms with Crippen molar-refractivity contribution in [3.05, 3.63) is 33.9 Å². The number of hydrogen-bond donors (Lipinski definition) is 0. The average molecular weight is 448 g/mol. The van der Waals surface area contributed by atoms with E-state index in [1.165, 1.54) is 6.08 Å². The molecule has 0 saturated carbocycles. The number of esters is 4. The van der Waals surface area contributed by atoms with Crippen molar-refractivity contribution in [3.63, 3.8) is 0 Å². The van der Waals surface area contributed by atoms with Crippen molar-refractivity contribution in [3.8, 4) is 11.5 Å². The molecule has 0 aliphatic rings. The summed E-state index contributed by atoms with van der Waals surface area (Å²) in [5, 5.41) is 0. The summed E-state index contributed by atoms with van der Waals surface area (Å²) >= 11 is 0. The Bertz CT molecular complexity index is 942. The lowest BCUT2D eigenvalue weighted by atomic mass is 9.93. The van der Waals surface area contributed by atoms with Gasteiger partial charge in [0.15, 0.2) is 0 Å². The fraction of sp³-hybridized carbons (Fsp3) is 0.435. The molecular formula is C23H28O9. The van der Waals surface area contributed by atoms with E-state index >= 15 is 0 Å². The molecule has 0 saturated heterocycles. The molecule has 0 N–H and O–H groups in total. The van der Waals surface area contributed by atoms with Crippen LogP contribution in [0.15, 0.2) is 11.6 Å². The number of benzene rings is 1. The van der Waals surface area contributed by atoms with Gasteiger partial charge in [0.05, 0.1) is 13.2 Å². The summed E-state index contributed by atoms with van der Waals surface area (Å²) in [6, 6.07) is 0. The first-order valence-electron chi connectivity index (χ1n) is 10.1. The van der Waals surface area contributed by atoms with Crippen LogP contribution in [0.3, 0.4) is 0 Å². The minimum Gasteiger partial charge on any atom is -0.458 e. The molecule has 0 amide bonds. The Morgan fingerprint density at radius 1 is 0.750 bits per heavy atom. The number of ether oxygens (including phenoxy) is 4. The quantitative estimate of drug-likeness (QED) is 0.194. The van der Waals surface area contributed by atoms with Gasteiger partial charge in [-0.1, -0.05) is 5.57 Å². The number of carbonyl (C=O) groups excluding carboxylic acids is 5. The molecule has 9 nitrogen and oxygen atoms in total. The van der Waals surface area contributed by atoms with E-state index < -0.39 is 23.9 Å². The number of aldehydes is 1. The van der Waals surface area contributed by atoms with Crippen LogP contribution in [0.1, 0.15) is 49.4 Å². The predicted molar refractivity (Wildman–Crippen MR) is 113 cm³/mol. The lowest BCUT2D eigenvalue weighted by Crippen LogP contribution is -2.25. The van der Waals surface area contributed by atoms with E-state index in [-0.39, 0.29) is 24.7 Å². The van der Waals surface area contributed by atoms with Crippen molar-refractivity contribution in [2.75, 3.05) is 13.2 Å². The van der Waals surface area contributed by atoms with Crippen molar-refractivity contribution >= 4 is 30.2 Å². The minimum absolute atomic E-state index is 0.0102. The summed E-state index contributed by atoms with van der Waals surface area (Å²) in [6.45, 7) is 9.79. The van der Waals surface area contributed by atoms with Crippen molar-refractivity contribution in [1.82, 2.24) is 0 Å². The van der Waals surface area contributed by atoms with Gasteiger partial charge in [-0.25, -0.2) is 19.2 Å². The first-order valence-corrected chi connectivity index (χ1v) is 10.1. The zero-order valence-corrected chi connectivity index (χ0v) is 19.2. The van der Waals surface area contributed by atoms with E-state index in [2.05, 4.69) is 9.47 Å². The van der Waals surface area contributed by atoms with E-state index in [1.807, 2.05) is 0 Å². The van der Waals surface area contributed by atoms with Crippen LogP contribution in [0.4, 0.5) is 0 Å². The molecule has 0 fully saturated rings. The largest absolute Gasteiger partial charge is 0.458 e. The fourth-order valence-corrected chi connectivity index (χ4v) is 2.92. The molecule has 0 radical (unpaired) electrons. The molecule has 0 spiro atoms. The normalized spacial score (nSPS) is 10.9. The molecule has 1 aromatic rings. The highest BCUT2D eigenvalue weighted by Crippen LogP contribution is 2.39. The first kappa shape index (κ1) is 26.5. The Hall–Kier alpha value is -3.49. The van der Waals surface area contributed by atoms with Crippen LogP contribution in [0.25, 0.3) is 0 Å². The van der Waals surface area contributed by atoms with E-state index in [1.54, 1.807) is 41.5 Å². The maximum Gasteiger partial charge on any atom is 0.422 e. The van der Waals surface area contributed by atoms with Crippen LogP contribution in [-0.2, 0) is 39.9 Å². The summed E-state index contributed by atoms with van der Waals surface area (Å²) in [5.74, 6) is -4.38. The number of allylic oxidation sites excluding steroid dienone is 2. The van der Waals surface area contributed by atoms with E-state index in [4.69, 9.17) is 9.47 Å². The molecule has 1 aromatic carbocycles. The van der Waals surface area contributed by atoms with Crippen molar-refractivity contribution in [2.45, 2.75) is 54.4 Å². The number of hydrogen-bond acceptors (Lipinski definition) is 9. The minimum atomic E-state index is -1.19. The summed E-state index contributed by atoms with van der Waals surface area (Å²) in [7, 11) is 0. The molecular weight excluding hydrogens is 420 g/mol. The van der Waals surface area contributed by atoms with Gasteiger partial charge in [0, 0.05) is 5.56 Å². The molecule has 0 aromatic heterocycles. The van der Waals surface area contributed by atoms with Gasteiger partial charge in [-0.3, -0.25) is 4.79 Å². The SMILES string of the molecule is CCOC(=O)C(=O)Oc1c(C)c(C)c(OC(=O)C(=O)OCC)c(CCC(C)=CC=O)c1C. The lowest BCUT2D eigenvalue weighted by molar-refractivity contribution is -0.162. The topological polar surface area (TPSA) is 122 Å². The molecule has 174 valence electrons. The second-order valence-corrected chi connectivity index (χ2v) is 6.88. The molecule has 0 aliphatic heterocycles. The molecule has 0 bridgehead atoms. The van der Waals surface area contributed by atoms with Crippen LogP contribution in [-0.4, -0.2) is 43.4 Å². The van der Waals surface area contributed by atoms with Gasteiger partial charge in [-0.15, -0.1) is 0 Å². The molecule has 32 heavy (non-hydrogen) atoms. The number of carbonyl (C=O) groups is 5.